The first-order valence-corrected chi connectivity index (χ1v) is 24.8. The van der Waals surface area contributed by atoms with Crippen LogP contribution in [0.1, 0.15) is 105 Å². The van der Waals surface area contributed by atoms with E-state index in [9.17, 15) is 19.2 Å². The van der Waals surface area contributed by atoms with E-state index in [0.717, 1.165) is 92.8 Å². The normalized spacial score (nSPS) is 11.7. The van der Waals surface area contributed by atoms with Crippen molar-refractivity contribution < 1.29 is 33.9 Å². The number of carboxylic acid groups (broad SMARTS) is 1. The van der Waals surface area contributed by atoms with Crippen molar-refractivity contribution in [2.45, 2.75) is 104 Å². The number of carbonyl (C=O) groups excluding carboxylic acids is 3. The molecule has 2 amide bonds. The average Bonchev–Trinajstić information content (AvgIpc) is 4.00. The highest BCUT2D eigenvalue weighted by Gasteiger charge is 2.20. The van der Waals surface area contributed by atoms with Gasteiger partial charge in [0.15, 0.2) is 5.78 Å². The summed E-state index contributed by atoms with van der Waals surface area (Å²) in [7, 11) is 0. The first-order chi connectivity index (χ1) is 35.4. The number of aromatic nitrogens is 4. The third-order valence-corrected chi connectivity index (χ3v) is 11.7. The number of carbonyl (C=O) groups is 4. The Labute approximate surface area is 427 Å². The van der Waals surface area contributed by atoms with Gasteiger partial charge in [-0.05, 0) is 97.2 Å². The van der Waals surface area contributed by atoms with Crippen LogP contribution in [0.4, 0.5) is 0 Å². The Balaban J connectivity index is 0.000000198. The Hall–Kier alpha value is -7.78. The molecule has 0 unspecified atom stereocenters. The van der Waals surface area contributed by atoms with E-state index in [1.54, 1.807) is 12.1 Å². The van der Waals surface area contributed by atoms with Crippen LogP contribution < -0.4 is 16.5 Å². The maximum atomic E-state index is 13.2. The second-order valence-electron chi connectivity index (χ2n) is 18.1. The minimum absolute atomic E-state index is 0.0503. The van der Waals surface area contributed by atoms with Gasteiger partial charge in [-0.15, -0.1) is 0 Å². The molecule has 380 valence electrons. The van der Waals surface area contributed by atoms with Crippen LogP contribution in [0.5, 0.6) is 0 Å². The molecule has 0 radical (unpaired) electrons. The topological polar surface area (TPSA) is 214 Å². The number of amides is 2. The molecule has 6 aromatic carbocycles. The zero-order valence-corrected chi connectivity index (χ0v) is 42.2. The summed E-state index contributed by atoms with van der Waals surface area (Å²) >= 11 is 0. The number of rotatable bonds is 22. The predicted octanol–water partition coefficient (Wildman–Crippen LogP) is 10.1. The Morgan fingerprint density at radius 3 is 1.59 bits per heavy atom. The fourth-order valence-corrected chi connectivity index (χ4v) is 8.23. The Morgan fingerprint density at radius 2 is 1.08 bits per heavy atom. The van der Waals surface area contributed by atoms with Gasteiger partial charge >= 0.3 is 5.97 Å². The predicted molar refractivity (Wildman–Crippen MR) is 286 cm³/mol. The summed E-state index contributed by atoms with van der Waals surface area (Å²) in [6.45, 7) is 8.88. The molecule has 8 aromatic rings. The number of hydrogen-bond acceptors (Lipinski definition) is 9. The van der Waals surface area contributed by atoms with E-state index >= 15 is 0 Å². The van der Waals surface area contributed by atoms with E-state index in [4.69, 9.17) is 20.4 Å². The lowest BCUT2D eigenvalue weighted by molar-refractivity contribution is -0.135. The Morgan fingerprint density at radius 1 is 0.616 bits per heavy atom. The monoisotopic (exact) mass is 986 g/mol. The van der Waals surface area contributed by atoms with Crippen LogP contribution in [0.3, 0.4) is 0 Å². The lowest BCUT2D eigenvalue weighted by Gasteiger charge is -2.19. The molecule has 73 heavy (non-hydrogen) atoms. The zero-order valence-electron chi connectivity index (χ0n) is 42.2. The van der Waals surface area contributed by atoms with E-state index in [1.165, 1.54) is 0 Å². The summed E-state index contributed by atoms with van der Waals surface area (Å²) in [4.78, 5) is 69.6. The molecule has 0 spiro atoms. The largest absolute Gasteiger partial charge is 0.478 e. The van der Waals surface area contributed by atoms with Crippen molar-refractivity contribution in [3.05, 3.63) is 202 Å². The van der Waals surface area contributed by atoms with Gasteiger partial charge in [0.2, 0.25) is 5.91 Å². The SMILES string of the molecule is CCCc1nc2c(C)cc(C(=O)N[C@@H](CC(=O)NOCc3ccccc3)Cc3ccccc3)cc2[nH]1.CCCc1nc2c(C)cc(C(=O)O)cc2[nH]1.N[C@@H](CC(=O)COCc1ccccc1)Cc1ccccc1. The number of ketones is 1. The lowest BCUT2D eigenvalue weighted by atomic mass is 10.0. The number of nitrogens with two attached hydrogens (primary N) is 1. The fraction of sp³-hybridized carbons (Fsp3) is 0.288. The molecule has 2 aromatic heterocycles. The van der Waals surface area contributed by atoms with Crippen LogP contribution in [-0.2, 0) is 58.1 Å². The van der Waals surface area contributed by atoms with Gasteiger partial charge in [-0.25, -0.2) is 20.2 Å². The van der Waals surface area contributed by atoms with Crippen molar-refractivity contribution in [2.75, 3.05) is 6.61 Å². The van der Waals surface area contributed by atoms with Gasteiger partial charge in [0.05, 0.1) is 40.8 Å². The van der Waals surface area contributed by atoms with E-state index in [1.807, 2.05) is 147 Å². The fourth-order valence-electron chi connectivity index (χ4n) is 8.23. The molecule has 7 N–H and O–H groups in total. The number of aryl methyl sites for hydroxylation is 4. The number of fused-ring (bicyclic) bond motifs is 2. The standard InChI is InChI=1S/C29H32N4O3.C18H21NO2.C12H14N2O2/c1-3-10-26-31-25-17-23(15-20(2)28(25)32-26)29(35)30-24(16-21-11-6-4-7-12-21)18-27(34)33-36-19-22-13-8-5-9-14-22;19-17(11-15-7-3-1-4-8-15)12-18(20)14-21-13-16-9-5-2-6-10-16;1-3-4-10-13-9-6-8(12(15)16)5-7(2)11(9)14-10/h4-9,11-15,17,24H,3,10,16,18-19H2,1-2H3,(H,30,35)(H,31,32)(H,33,34);1-10,17H,11-14,19H2;5-6H,3-4H2,1-2H3,(H,13,14)(H,15,16)/t24-;17-;/m11./s1. The summed E-state index contributed by atoms with van der Waals surface area (Å²) in [6, 6.07) is 45.6. The maximum Gasteiger partial charge on any atom is 0.335 e. The van der Waals surface area contributed by atoms with Crippen LogP contribution in [0.15, 0.2) is 146 Å². The van der Waals surface area contributed by atoms with Gasteiger partial charge in [-0.1, -0.05) is 135 Å². The second kappa shape index (κ2) is 28.3. The number of Topliss-reactive ketones (excluding diaryl/α,β-unsaturated/α-hetero) is 1. The highest BCUT2D eigenvalue weighted by atomic mass is 16.6. The molecule has 0 aliphatic heterocycles. The van der Waals surface area contributed by atoms with Crippen LogP contribution in [0.25, 0.3) is 22.1 Å². The molecular weight excluding hydrogens is 919 g/mol. The third-order valence-electron chi connectivity index (χ3n) is 11.7. The number of H-pyrrole nitrogens is 2. The van der Waals surface area contributed by atoms with E-state index < -0.39 is 12.0 Å². The molecule has 0 saturated heterocycles. The number of aromatic amines is 2. The van der Waals surface area contributed by atoms with Crippen molar-refractivity contribution in [2.24, 2.45) is 5.73 Å². The van der Waals surface area contributed by atoms with E-state index in [-0.39, 0.29) is 43.3 Å². The minimum Gasteiger partial charge on any atom is -0.478 e. The average molecular weight is 986 g/mol. The molecular formula is C59H67N7O7. The van der Waals surface area contributed by atoms with Crippen molar-refractivity contribution in [3.8, 4) is 0 Å². The number of benzene rings is 6. The number of carboxylic acids is 1. The molecule has 2 heterocycles. The smallest absolute Gasteiger partial charge is 0.335 e. The van der Waals surface area contributed by atoms with Gasteiger partial charge < -0.3 is 30.9 Å². The van der Waals surface area contributed by atoms with Crippen molar-refractivity contribution >= 4 is 45.6 Å². The molecule has 0 saturated carbocycles. The van der Waals surface area contributed by atoms with Gasteiger partial charge in [0.1, 0.15) is 18.3 Å². The summed E-state index contributed by atoms with van der Waals surface area (Å²) in [5.41, 5.74) is 18.8. The summed E-state index contributed by atoms with van der Waals surface area (Å²) < 4.78 is 5.43. The van der Waals surface area contributed by atoms with Crippen LogP contribution in [0.2, 0.25) is 0 Å². The van der Waals surface area contributed by atoms with E-state index in [2.05, 4.69) is 44.6 Å². The number of hydroxylamine groups is 1. The first kappa shape index (κ1) is 54.6. The number of ether oxygens (including phenoxy) is 1. The molecule has 14 heteroatoms. The van der Waals surface area contributed by atoms with Crippen molar-refractivity contribution in [3.63, 3.8) is 0 Å². The summed E-state index contributed by atoms with van der Waals surface area (Å²) in [6.07, 6.45) is 5.42. The molecule has 0 aliphatic carbocycles. The molecule has 0 fully saturated rings. The van der Waals surface area contributed by atoms with Crippen LogP contribution in [0, 0.1) is 13.8 Å². The van der Waals surface area contributed by atoms with Crippen molar-refractivity contribution in [1.29, 1.82) is 0 Å². The number of aromatic carboxylic acids is 1. The minimum atomic E-state index is -0.906. The Bertz CT molecular complexity index is 3000. The number of nitrogens with one attached hydrogen (secondary N) is 4. The molecule has 0 bridgehead atoms. The molecule has 0 aliphatic rings. The quantitative estimate of drug-likeness (QED) is 0.0354. The van der Waals surface area contributed by atoms with Gasteiger partial charge in [0.25, 0.3) is 5.91 Å². The third kappa shape index (κ3) is 17.8. The highest BCUT2D eigenvalue weighted by Crippen LogP contribution is 2.21. The number of hydrogen-bond donors (Lipinski definition) is 6. The van der Waals surface area contributed by atoms with Crippen LogP contribution in [-0.4, -0.2) is 67.3 Å². The van der Waals surface area contributed by atoms with Gasteiger partial charge in [-0.3, -0.25) is 19.2 Å². The van der Waals surface area contributed by atoms with Gasteiger partial charge in [-0.2, -0.15) is 0 Å². The second-order valence-corrected chi connectivity index (χ2v) is 18.1. The summed E-state index contributed by atoms with van der Waals surface area (Å²) in [5, 5.41) is 12.0. The first-order valence-electron chi connectivity index (χ1n) is 24.8. The van der Waals surface area contributed by atoms with Crippen molar-refractivity contribution in [1.82, 2.24) is 30.7 Å². The van der Waals surface area contributed by atoms with Crippen LogP contribution >= 0.6 is 0 Å². The molecule has 2 atom stereocenters. The number of nitrogens with zero attached hydrogens (tertiary/aromatic N) is 2. The molecule has 8 rings (SSSR count). The highest BCUT2D eigenvalue weighted by molar-refractivity contribution is 5.98. The number of imidazole rings is 2. The molecule has 14 nitrogen and oxygen atoms in total. The Kier molecular flexibility index (Phi) is 21.2. The van der Waals surface area contributed by atoms with E-state index in [0.29, 0.717) is 37.0 Å². The van der Waals surface area contributed by atoms with Gasteiger partial charge in [0, 0.05) is 43.3 Å². The zero-order chi connectivity index (χ0) is 52.0. The maximum absolute atomic E-state index is 13.2. The lowest BCUT2D eigenvalue weighted by Crippen LogP contribution is -2.40. The summed E-state index contributed by atoms with van der Waals surface area (Å²) in [5.74, 6) is 0.457.